The van der Waals surface area contributed by atoms with Crippen LogP contribution < -0.4 is 4.74 Å². The van der Waals surface area contributed by atoms with Gasteiger partial charge in [-0.1, -0.05) is 30.3 Å². The zero-order chi connectivity index (χ0) is 22.7. The molecule has 1 amide bonds. The summed E-state index contributed by atoms with van der Waals surface area (Å²) in [5.74, 6) is -0.802. The number of nitrogens with one attached hydrogen (secondary N) is 1. The van der Waals surface area contributed by atoms with E-state index in [4.69, 9.17) is 9.47 Å². The second-order valence-corrected chi connectivity index (χ2v) is 7.59. The lowest BCUT2D eigenvalue weighted by Gasteiger charge is -2.25. The number of ether oxygens (including phenoxy) is 2. The molecule has 7 heteroatoms. The Morgan fingerprint density at radius 3 is 2.59 bits per heavy atom. The molecule has 166 valence electrons. The Hall–Kier alpha value is -3.58. The molecule has 1 aromatic heterocycles. The van der Waals surface area contributed by atoms with E-state index in [1.807, 2.05) is 43.3 Å². The number of aromatic amines is 1. The summed E-state index contributed by atoms with van der Waals surface area (Å²) in [5.41, 5.74) is 2.14. The molecule has 0 spiro atoms. The van der Waals surface area contributed by atoms with E-state index in [2.05, 4.69) is 4.98 Å². The lowest BCUT2D eigenvalue weighted by atomic mass is 9.95. The first-order valence-electron chi connectivity index (χ1n) is 10.6. The van der Waals surface area contributed by atoms with Crippen LogP contribution >= 0.6 is 0 Å². The van der Waals surface area contributed by atoms with Crippen LogP contribution in [0.1, 0.15) is 30.5 Å². The van der Waals surface area contributed by atoms with E-state index in [1.165, 1.54) is 4.90 Å². The molecule has 0 saturated carbocycles. The Morgan fingerprint density at radius 1 is 1.12 bits per heavy atom. The van der Waals surface area contributed by atoms with Crippen molar-refractivity contribution in [3.8, 4) is 5.75 Å². The molecule has 32 heavy (non-hydrogen) atoms. The normalized spacial score (nSPS) is 17.9. The maximum Gasteiger partial charge on any atom is 0.295 e. The van der Waals surface area contributed by atoms with Crippen LogP contribution in [0.3, 0.4) is 0 Å². The molecule has 4 rings (SSSR count). The Balaban J connectivity index is 1.83. The molecular weight excluding hydrogens is 408 g/mol. The van der Waals surface area contributed by atoms with E-state index in [-0.39, 0.29) is 11.3 Å². The highest BCUT2D eigenvalue weighted by molar-refractivity contribution is 6.46. The first kappa shape index (κ1) is 21.6. The van der Waals surface area contributed by atoms with Crippen molar-refractivity contribution in [2.24, 2.45) is 0 Å². The summed E-state index contributed by atoms with van der Waals surface area (Å²) in [6.07, 6.45) is 2.23. The summed E-state index contributed by atoms with van der Waals surface area (Å²) >= 11 is 0. The van der Waals surface area contributed by atoms with Crippen LogP contribution in [-0.2, 0) is 14.3 Å². The summed E-state index contributed by atoms with van der Waals surface area (Å²) in [5, 5.41) is 12.0. The van der Waals surface area contributed by atoms with Crippen LogP contribution in [0.4, 0.5) is 0 Å². The third-order valence-electron chi connectivity index (χ3n) is 5.64. The predicted molar refractivity (Wildman–Crippen MR) is 121 cm³/mol. The molecule has 2 aromatic carbocycles. The van der Waals surface area contributed by atoms with Crippen LogP contribution in [0.2, 0.25) is 0 Å². The van der Waals surface area contributed by atoms with E-state index in [1.54, 1.807) is 25.4 Å². The largest absolute Gasteiger partial charge is 0.507 e. The third-order valence-corrected chi connectivity index (χ3v) is 5.64. The summed E-state index contributed by atoms with van der Waals surface area (Å²) in [6.45, 7) is 3.23. The third kappa shape index (κ3) is 3.87. The number of aromatic nitrogens is 1. The van der Waals surface area contributed by atoms with Gasteiger partial charge in [-0.25, -0.2) is 0 Å². The number of carbonyl (C=O) groups excluding carboxylic acids is 2. The fraction of sp³-hybridized carbons (Fsp3) is 0.280. The average Bonchev–Trinajstić information content (AvgIpc) is 3.34. The number of likely N-dealkylation sites (tertiary alicyclic amines) is 1. The van der Waals surface area contributed by atoms with Gasteiger partial charge in [0.15, 0.2) is 0 Å². The fourth-order valence-corrected chi connectivity index (χ4v) is 4.16. The number of H-pyrrole nitrogens is 1. The van der Waals surface area contributed by atoms with Gasteiger partial charge in [-0.3, -0.25) is 9.59 Å². The molecular formula is C25H26N2O5. The molecule has 3 aromatic rings. The zero-order valence-electron chi connectivity index (χ0n) is 18.1. The number of hydrogen-bond donors (Lipinski definition) is 2. The second kappa shape index (κ2) is 9.28. The van der Waals surface area contributed by atoms with Gasteiger partial charge in [-0.2, -0.15) is 0 Å². The van der Waals surface area contributed by atoms with Crippen molar-refractivity contribution in [3.63, 3.8) is 0 Å². The fourth-order valence-electron chi connectivity index (χ4n) is 4.16. The van der Waals surface area contributed by atoms with Gasteiger partial charge in [-0.05, 0) is 37.1 Å². The van der Waals surface area contributed by atoms with Crippen LogP contribution in [0, 0.1) is 0 Å². The lowest BCUT2D eigenvalue weighted by Crippen LogP contribution is -2.31. The number of amides is 1. The SMILES string of the molecule is CCOc1ccc(C2/C(=C(/O)c3c[nH]c4ccccc34)C(=O)C(=O)N2CCCOC)cc1. The summed E-state index contributed by atoms with van der Waals surface area (Å²) in [7, 11) is 1.59. The summed E-state index contributed by atoms with van der Waals surface area (Å²) in [4.78, 5) is 30.7. The number of hydrogen-bond acceptors (Lipinski definition) is 5. The van der Waals surface area contributed by atoms with Gasteiger partial charge < -0.3 is 24.5 Å². The zero-order valence-corrected chi connectivity index (χ0v) is 18.1. The average molecular weight is 434 g/mol. The molecule has 1 aliphatic heterocycles. The maximum atomic E-state index is 13.1. The number of carbonyl (C=O) groups is 2. The summed E-state index contributed by atoms with van der Waals surface area (Å²) < 4.78 is 10.6. The summed E-state index contributed by atoms with van der Waals surface area (Å²) in [6, 6.07) is 14.1. The lowest BCUT2D eigenvalue weighted by molar-refractivity contribution is -0.140. The predicted octanol–water partition coefficient (Wildman–Crippen LogP) is 4.02. The van der Waals surface area contributed by atoms with E-state index in [9.17, 15) is 14.7 Å². The van der Waals surface area contributed by atoms with Crippen molar-refractivity contribution in [1.29, 1.82) is 0 Å². The highest BCUT2D eigenvalue weighted by Crippen LogP contribution is 2.40. The van der Waals surface area contributed by atoms with Crippen LogP contribution in [-0.4, -0.2) is 53.5 Å². The van der Waals surface area contributed by atoms with Gasteiger partial charge in [0.1, 0.15) is 11.5 Å². The molecule has 1 atom stereocenters. The van der Waals surface area contributed by atoms with Crippen molar-refractivity contribution in [3.05, 3.63) is 71.4 Å². The Morgan fingerprint density at radius 2 is 1.88 bits per heavy atom. The number of nitrogens with zero attached hydrogens (tertiary/aromatic N) is 1. The number of aliphatic hydroxyl groups is 1. The van der Waals surface area contributed by atoms with E-state index in [0.717, 1.165) is 16.5 Å². The molecule has 1 saturated heterocycles. The van der Waals surface area contributed by atoms with Crippen LogP contribution in [0.5, 0.6) is 5.75 Å². The highest BCUT2D eigenvalue weighted by atomic mass is 16.5. The first-order chi connectivity index (χ1) is 15.6. The van der Waals surface area contributed by atoms with E-state index >= 15 is 0 Å². The topological polar surface area (TPSA) is 91.9 Å². The number of benzene rings is 2. The van der Waals surface area contributed by atoms with Crippen molar-refractivity contribution >= 4 is 28.4 Å². The quantitative estimate of drug-likeness (QED) is 0.242. The molecule has 1 fully saturated rings. The molecule has 7 nitrogen and oxygen atoms in total. The molecule has 2 heterocycles. The van der Waals surface area contributed by atoms with E-state index in [0.29, 0.717) is 37.5 Å². The number of rotatable bonds is 8. The molecule has 1 aliphatic rings. The van der Waals surface area contributed by atoms with Gasteiger partial charge >= 0.3 is 0 Å². The minimum atomic E-state index is -0.698. The second-order valence-electron chi connectivity index (χ2n) is 7.59. The molecule has 0 bridgehead atoms. The number of fused-ring (bicyclic) bond motifs is 1. The van der Waals surface area contributed by atoms with Crippen molar-refractivity contribution in [2.75, 3.05) is 26.9 Å². The van der Waals surface area contributed by atoms with Gasteiger partial charge in [0, 0.05) is 42.9 Å². The van der Waals surface area contributed by atoms with Crippen molar-refractivity contribution in [2.45, 2.75) is 19.4 Å². The number of ketones is 1. The molecule has 0 aliphatic carbocycles. The Kier molecular flexibility index (Phi) is 6.28. The smallest absolute Gasteiger partial charge is 0.295 e. The Labute approximate surface area is 186 Å². The molecule has 0 radical (unpaired) electrons. The van der Waals surface area contributed by atoms with Gasteiger partial charge in [-0.15, -0.1) is 0 Å². The van der Waals surface area contributed by atoms with Crippen LogP contribution in [0.15, 0.2) is 60.3 Å². The van der Waals surface area contributed by atoms with Gasteiger partial charge in [0.2, 0.25) is 0 Å². The standard InChI is InChI=1S/C25H26N2O5/c1-3-32-17-11-9-16(10-12-17)22-21(24(29)25(30)27(22)13-6-14-31-2)23(28)19-15-26-20-8-5-4-7-18(19)20/h4-5,7-12,15,22,26,28H,3,6,13-14H2,1-2H3/b23-21-. The number of Topliss-reactive ketones (excluding diaryl/α,β-unsaturated/α-hetero) is 1. The monoisotopic (exact) mass is 434 g/mol. The van der Waals surface area contributed by atoms with Crippen molar-refractivity contribution in [1.82, 2.24) is 9.88 Å². The number of aliphatic hydroxyl groups excluding tert-OH is 1. The minimum absolute atomic E-state index is 0.0846. The first-order valence-corrected chi connectivity index (χ1v) is 10.6. The number of para-hydroxylation sites is 1. The van der Waals surface area contributed by atoms with Gasteiger partial charge in [0.25, 0.3) is 11.7 Å². The molecule has 1 unspecified atom stereocenters. The highest BCUT2D eigenvalue weighted by Gasteiger charge is 2.46. The minimum Gasteiger partial charge on any atom is -0.507 e. The Bertz CT molecular complexity index is 1160. The van der Waals surface area contributed by atoms with Crippen LogP contribution in [0.25, 0.3) is 16.7 Å². The molecule has 2 N–H and O–H groups in total. The number of methoxy groups -OCH3 is 1. The van der Waals surface area contributed by atoms with Crippen molar-refractivity contribution < 1.29 is 24.2 Å². The maximum absolute atomic E-state index is 13.1. The van der Waals surface area contributed by atoms with E-state index < -0.39 is 17.7 Å². The van der Waals surface area contributed by atoms with Gasteiger partial charge in [0.05, 0.1) is 18.2 Å².